The fraction of sp³-hybridized carbons (Fsp3) is 0.766. The van der Waals surface area contributed by atoms with Gasteiger partial charge in [0.1, 0.15) is 24.1 Å². The highest BCUT2D eigenvalue weighted by molar-refractivity contribution is 6.06. The molecule has 63 heavy (non-hydrogen) atoms. The summed E-state index contributed by atoms with van der Waals surface area (Å²) >= 11 is 0. The maximum absolute atomic E-state index is 14.4. The first-order valence-electron chi connectivity index (χ1n) is 22.3. The van der Waals surface area contributed by atoms with E-state index in [9.17, 15) is 29.1 Å². The molecule has 16 nitrogen and oxygen atoms in total. The number of ether oxygens (including phenoxy) is 9. The first-order chi connectivity index (χ1) is 29.4. The van der Waals surface area contributed by atoms with Crippen molar-refractivity contribution in [2.45, 2.75) is 181 Å². The number of benzene rings is 1. The van der Waals surface area contributed by atoms with Gasteiger partial charge in [0.25, 0.3) is 0 Å². The van der Waals surface area contributed by atoms with E-state index in [0.29, 0.717) is 6.42 Å². The summed E-state index contributed by atoms with van der Waals surface area (Å²) in [5.74, 6) is -6.46. The first-order valence-corrected chi connectivity index (χ1v) is 22.3. The zero-order valence-corrected chi connectivity index (χ0v) is 39.7. The number of Topliss-reactive ketones (excluding diaryl/α,β-unsaturated/α-hetero) is 2. The van der Waals surface area contributed by atoms with Crippen molar-refractivity contribution in [3.63, 3.8) is 0 Å². The highest BCUT2D eigenvalue weighted by Gasteiger charge is 2.53. The predicted molar refractivity (Wildman–Crippen MR) is 229 cm³/mol. The standard InChI is InChI=1S/C47H73NO15/c1-15-35-47(11,54)41(51)28(5)37(50)25(2)21-26(3)38(62-44-40(59-32(9)49)34(48(12)13)22-27(4)57-44)29(6)39(30(7)43(52)60-35)61-36-23-46(10,55-14)42(31(8)58-36)63-45(53)56-24-33-19-17-16-18-20-33/h16-20,25-31,34-36,38-40,42,44,54H,15,21-24H2,1-14H3/t25-,26-,27-,28-,29-,30-,31+,34+,35+,36+,38+,39-,40-,42+,44+,46-,47-/m1/s1. The van der Waals surface area contributed by atoms with Gasteiger partial charge in [-0.15, -0.1) is 0 Å². The molecule has 3 aliphatic heterocycles. The Morgan fingerprint density at radius 2 is 1.54 bits per heavy atom. The van der Waals surface area contributed by atoms with Gasteiger partial charge in [0, 0.05) is 32.3 Å². The average Bonchev–Trinajstić information content (AvgIpc) is 3.23. The average molecular weight is 892 g/mol. The van der Waals surface area contributed by atoms with Gasteiger partial charge < -0.3 is 52.6 Å². The van der Waals surface area contributed by atoms with Gasteiger partial charge in [-0.05, 0) is 86.4 Å². The number of aliphatic hydroxyl groups is 1. The number of carbonyl (C=O) groups excluding carboxylic acids is 5. The van der Waals surface area contributed by atoms with Crippen LogP contribution >= 0.6 is 0 Å². The second-order valence-electron chi connectivity index (χ2n) is 18.6. The summed E-state index contributed by atoms with van der Waals surface area (Å²) in [6, 6.07) is 8.92. The lowest BCUT2D eigenvalue weighted by molar-refractivity contribution is -0.310. The van der Waals surface area contributed by atoms with Gasteiger partial charge in [0.2, 0.25) is 0 Å². The van der Waals surface area contributed by atoms with Crippen molar-refractivity contribution in [2.24, 2.45) is 29.6 Å². The molecular weight excluding hydrogens is 819 g/mol. The van der Waals surface area contributed by atoms with E-state index in [1.165, 1.54) is 27.9 Å². The number of esters is 2. The molecule has 0 bridgehead atoms. The number of hydrogen-bond donors (Lipinski definition) is 1. The molecule has 0 aromatic heterocycles. The van der Waals surface area contributed by atoms with Crippen molar-refractivity contribution in [1.29, 1.82) is 0 Å². The summed E-state index contributed by atoms with van der Waals surface area (Å²) in [5.41, 5.74) is -2.55. The molecule has 1 N–H and O–H groups in total. The minimum absolute atomic E-state index is 0.00294. The van der Waals surface area contributed by atoms with Gasteiger partial charge in [-0.3, -0.25) is 19.2 Å². The molecule has 0 radical (unpaired) electrons. The third-order valence-electron chi connectivity index (χ3n) is 13.3. The summed E-state index contributed by atoms with van der Waals surface area (Å²) in [6.07, 6.45) is -8.08. The van der Waals surface area contributed by atoms with Crippen molar-refractivity contribution in [3.05, 3.63) is 35.9 Å². The molecule has 0 unspecified atom stereocenters. The second kappa shape index (κ2) is 22.1. The summed E-state index contributed by atoms with van der Waals surface area (Å²) in [7, 11) is 5.27. The number of nitrogens with zero attached hydrogens (tertiary/aromatic N) is 1. The molecule has 356 valence electrons. The summed E-state index contributed by atoms with van der Waals surface area (Å²) in [5, 5.41) is 11.6. The molecule has 0 amide bonds. The maximum Gasteiger partial charge on any atom is 0.509 e. The highest BCUT2D eigenvalue weighted by Crippen LogP contribution is 2.40. The molecule has 0 saturated carbocycles. The SMILES string of the molecule is CC[C@@H]1OC(=O)[C@H](C)[C@H](O[C@H]2C[C@@](C)(OC)[C@@H](OC(=O)OCc3ccccc3)[C@H](C)O2)[C@H](C)[C@@H](O[C@@H]2O[C@H](C)C[C@H](N(C)C)[C@H]2OC(C)=O)[C@H](C)C[C@@H](C)C(=O)[C@@H](C)C(=O)[C@]1(C)O. The lowest BCUT2D eigenvalue weighted by atomic mass is 9.76. The van der Waals surface area contributed by atoms with Gasteiger partial charge in [0.15, 0.2) is 36.2 Å². The molecule has 3 heterocycles. The molecule has 3 aliphatic rings. The Kier molecular flexibility index (Phi) is 18.3. The topological polar surface area (TPSA) is 192 Å². The van der Waals surface area contributed by atoms with E-state index in [0.717, 1.165) is 5.56 Å². The molecule has 1 aromatic carbocycles. The molecule has 3 saturated heterocycles. The van der Waals surface area contributed by atoms with Gasteiger partial charge in [-0.2, -0.15) is 0 Å². The van der Waals surface area contributed by atoms with E-state index < -0.39 is 114 Å². The molecule has 1 aromatic rings. The Morgan fingerprint density at radius 3 is 2.13 bits per heavy atom. The molecular formula is C47H73NO15. The van der Waals surface area contributed by atoms with Crippen LogP contribution in [0.2, 0.25) is 0 Å². The van der Waals surface area contributed by atoms with Crippen LogP contribution in [0.3, 0.4) is 0 Å². The molecule has 0 spiro atoms. The van der Waals surface area contributed by atoms with Crippen molar-refractivity contribution in [1.82, 2.24) is 4.90 Å². The third kappa shape index (κ3) is 12.6. The van der Waals surface area contributed by atoms with E-state index in [1.807, 2.05) is 70.1 Å². The number of cyclic esters (lactones) is 1. The van der Waals surface area contributed by atoms with Crippen molar-refractivity contribution >= 4 is 29.7 Å². The largest absolute Gasteiger partial charge is 0.509 e. The number of hydrogen-bond acceptors (Lipinski definition) is 16. The summed E-state index contributed by atoms with van der Waals surface area (Å²) in [4.78, 5) is 69.7. The van der Waals surface area contributed by atoms with Crippen LogP contribution in [-0.4, -0.2) is 133 Å². The Hall–Kier alpha value is -3.51. The van der Waals surface area contributed by atoms with E-state index in [2.05, 4.69) is 0 Å². The number of carbonyl (C=O) groups is 5. The summed E-state index contributed by atoms with van der Waals surface area (Å²) in [6.45, 7) is 18.3. The molecule has 0 aliphatic carbocycles. The number of ketones is 2. The molecule has 3 fully saturated rings. The van der Waals surface area contributed by atoms with E-state index in [4.69, 9.17) is 42.6 Å². The Labute approximate surface area is 373 Å². The van der Waals surface area contributed by atoms with Gasteiger partial charge >= 0.3 is 18.1 Å². The van der Waals surface area contributed by atoms with E-state index >= 15 is 0 Å². The highest BCUT2D eigenvalue weighted by atomic mass is 16.8. The molecule has 16 heteroatoms. The minimum Gasteiger partial charge on any atom is -0.459 e. The quantitative estimate of drug-likeness (QED) is 0.159. The van der Waals surface area contributed by atoms with Gasteiger partial charge in [-0.25, -0.2) is 4.79 Å². The zero-order chi connectivity index (χ0) is 47.1. The minimum atomic E-state index is -2.18. The lowest BCUT2D eigenvalue weighted by Gasteiger charge is -2.48. The van der Waals surface area contributed by atoms with Gasteiger partial charge in [0.05, 0.1) is 42.3 Å². The molecule has 4 rings (SSSR count). The van der Waals surface area contributed by atoms with Crippen LogP contribution < -0.4 is 0 Å². The van der Waals surface area contributed by atoms with Crippen LogP contribution in [0, 0.1) is 29.6 Å². The first kappa shape index (κ1) is 52.1. The van der Waals surface area contributed by atoms with Crippen molar-refractivity contribution in [2.75, 3.05) is 21.2 Å². The van der Waals surface area contributed by atoms with Crippen molar-refractivity contribution in [3.8, 4) is 0 Å². The smallest absolute Gasteiger partial charge is 0.459 e. The Morgan fingerprint density at radius 1 is 0.889 bits per heavy atom. The Bertz CT molecular complexity index is 1710. The Balaban J connectivity index is 1.76. The van der Waals surface area contributed by atoms with Crippen LogP contribution in [0.25, 0.3) is 0 Å². The fourth-order valence-corrected chi connectivity index (χ4v) is 9.54. The lowest BCUT2D eigenvalue weighted by Crippen LogP contribution is -2.60. The zero-order valence-electron chi connectivity index (χ0n) is 39.7. The normalized spacial score (nSPS) is 39.8. The van der Waals surface area contributed by atoms with E-state index in [-0.39, 0.29) is 43.8 Å². The van der Waals surface area contributed by atoms with Gasteiger partial charge in [-0.1, -0.05) is 58.0 Å². The van der Waals surface area contributed by atoms with E-state index in [1.54, 1.807) is 34.6 Å². The number of likely N-dealkylation sites (N-methyl/N-ethyl adjacent to an activating group) is 1. The summed E-state index contributed by atoms with van der Waals surface area (Å²) < 4.78 is 55.8. The fourth-order valence-electron chi connectivity index (χ4n) is 9.54. The third-order valence-corrected chi connectivity index (χ3v) is 13.3. The number of rotatable bonds is 11. The van der Waals surface area contributed by atoms with Crippen LogP contribution in [0.1, 0.15) is 107 Å². The van der Waals surface area contributed by atoms with Crippen LogP contribution in [0.4, 0.5) is 4.79 Å². The second-order valence-corrected chi connectivity index (χ2v) is 18.6. The van der Waals surface area contributed by atoms with Crippen molar-refractivity contribution < 1.29 is 71.7 Å². The van der Waals surface area contributed by atoms with Crippen LogP contribution in [0.15, 0.2) is 30.3 Å². The predicted octanol–water partition coefficient (Wildman–Crippen LogP) is 5.81. The van der Waals surface area contributed by atoms with Crippen LogP contribution in [0.5, 0.6) is 0 Å². The maximum atomic E-state index is 14.4. The monoisotopic (exact) mass is 891 g/mol. The number of methoxy groups -OCH3 is 1. The van der Waals surface area contributed by atoms with Crippen LogP contribution in [-0.2, 0) is 68.4 Å². The molecule has 17 atom stereocenters.